The van der Waals surface area contributed by atoms with Crippen molar-refractivity contribution in [2.24, 2.45) is 0 Å². The van der Waals surface area contributed by atoms with Crippen molar-refractivity contribution in [1.29, 1.82) is 0 Å². The molecule has 8 heteroatoms. The van der Waals surface area contributed by atoms with E-state index >= 15 is 0 Å². The first-order valence-electron chi connectivity index (χ1n) is 5.79. The lowest BCUT2D eigenvalue weighted by atomic mass is 10.1. The number of hydrogen-bond donors (Lipinski definition) is 2. The van der Waals surface area contributed by atoms with Crippen LogP contribution in [0.5, 0.6) is 0 Å². The second kappa shape index (κ2) is 6.92. The minimum Gasteiger partial charge on any atom is -0.375 e. The van der Waals surface area contributed by atoms with Crippen LogP contribution in [0.3, 0.4) is 0 Å². The number of anilines is 1. The lowest BCUT2D eigenvalue weighted by Gasteiger charge is -2.29. The predicted molar refractivity (Wildman–Crippen MR) is 69.4 cm³/mol. The van der Waals surface area contributed by atoms with E-state index in [9.17, 15) is 18.0 Å². The standard InChI is InChI=1S/C12H13F3N2O2.ClH/c1-6-11(16-2-3-19-6)12(18)17-10-5-8(14)7(13)4-9(10)15;/h4-6,11,16H,2-3H2,1H3,(H,17,18);1H/t6-,11+;/m1./s1. The molecule has 0 aromatic heterocycles. The Morgan fingerprint density at radius 1 is 1.30 bits per heavy atom. The maximum absolute atomic E-state index is 13.4. The number of carbonyl (C=O) groups is 1. The zero-order valence-electron chi connectivity index (χ0n) is 10.6. The van der Waals surface area contributed by atoms with E-state index in [1.165, 1.54) is 0 Å². The van der Waals surface area contributed by atoms with E-state index in [-0.39, 0.29) is 18.5 Å². The van der Waals surface area contributed by atoms with Crippen LogP contribution in [0.2, 0.25) is 0 Å². The minimum absolute atomic E-state index is 0. The lowest BCUT2D eigenvalue weighted by Crippen LogP contribution is -2.53. The Morgan fingerprint density at radius 2 is 1.95 bits per heavy atom. The molecule has 0 unspecified atom stereocenters. The number of nitrogens with one attached hydrogen (secondary N) is 2. The Hall–Kier alpha value is -1.31. The summed E-state index contributed by atoms with van der Waals surface area (Å²) < 4.78 is 44.4. The molecular weight excluding hydrogens is 297 g/mol. The van der Waals surface area contributed by atoms with Crippen molar-refractivity contribution >= 4 is 24.0 Å². The summed E-state index contributed by atoms with van der Waals surface area (Å²) in [6, 6.07) is 0.331. The van der Waals surface area contributed by atoms with Crippen LogP contribution >= 0.6 is 12.4 Å². The molecule has 4 nitrogen and oxygen atoms in total. The minimum atomic E-state index is -1.30. The zero-order chi connectivity index (χ0) is 14.0. The Kier molecular flexibility index (Phi) is 5.79. The van der Waals surface area contributed by atoms with Gasteiger partial charge in [0.1, 0.15) is 11.9 Å². The van der Waals surface area contributed by atoms with Crippen molar-refractivity contribution < 1.29 is 22.7 Å². The van der Waals surface area contributed by atoms with Gasteiger partial charge in [-0.15, -0.1) is 12.4 Å². The second-order valence-corrected chi connectivity index (χ2v) is 4.24. The number of carbonyl (C=O) groups excluding carboxylic acids is 1. The van der Waals surface area contributed by atoms with Gasteiger partial charge in [0, 0.05) is 18.7 Å². The molecule has 1 aliphatic heterocycles. The molecular formula is C12H14ClF3N2O2. The van der Waals surface area contributed by atoms with Crippen LogP contribution < -0.4 is 10.6 Å². The normalized spacial score (nSPS) is 22.0. The van der Waals surface area contributed by atoms with Gasteiger partial charge in [-0.1, -0.05) is 0 Å². The number of benzene rings is 1. The fraction of sp³-hybridized carbons (Fsp3) is 0.417. The van der Waals surface area contributed by atoms with Crippen LogP contribution in [0.15, 0.2) is 12.1 Å². The van der Waals surface area contributed by atoms with Crippen LogP contribution in [-0.4, -0.2) is 31.2 Å². The summed E-state index contributed by atoms with van der Waals surface area (Å²) in [6.07, 6.45) is -0.387. The molecule has 1 aliphatic rings. The molecule has 112 valence electrons. The fourth-order valence-electron chi connectivity index (χ4n) is 1.86. The number of halogens is 4. The lowest BCUT2D eigenvalue weighted by molar-refractivity contribution is -0.123. The molecule has 0 radical (unpaired) electrons. The van der Waals surface area contributed by atoms with E-state index in [0.29, 0.717) is 25.3 Å². The zero-order valence-corrected chi connectivity index (χ0v) is 11.4. The van der Waals surface area contributed by atoms with Gasteiger partial charge in [-0.25, -0.2) is 13.2 Å². The fourth-order valence-corrected chi connectivity index (χ4v) is 1.86. The van der Waals surface area contributed by atoms with Gasteiger partial charge in [0.25, 0.3) is 0 Å². The maximum atomic E-state index is 13.4. The summed E-state index contributed by atoms with van der Waals surface area (Å²) >= 11 is 0. The van der Waals surface area contributed by atoms with Crippen LogP contribution in [0.4, 0.5) is 18.9 Å². The molecule has 1 amide bonds. The van der Waals surface area contributed by atoms with Gasteiger partial charge >= 0.3 is 0 Å². The number of rotatable bonds is 2. The highest BCUT2D eigenvalue weighted by Gasteiger charge is 2.29. The average molecular weight is 311 g/mol. The summed E-state index contributed by atoms with van der Waals surface area (Å²) in [7, 11) is 0. The number of morpholine rings is 1. The Morgan fingerprint density at radius 3 is 2.60 bits per heavy atom. The average Bonchev–Trinajstić information content (AvgIpc) is 2.36. The van der Waals surface area contributed by atoms with Gasteiger partial charge in [0.2, 0.25) is 5.91 Å². The first-order valence-corrected chi connectivity index (χ1v) is 5.79. The molecule has 2 rings (SSSR count). The molecule has 1 fully saturated rings. The highest BCUT2D eigenvalue weighted by molar-refractivity contribution is 5.95. The predicted octanol–water partition coefficient (Wildman–Crippen LogP) is 1.84. The number of amides is 1. The van der Waals surface area contributed by atoms with E-state index in [0.717, 1.165) is 0 Å². The van der Waals surface area contributed by atoms with Crippen LogP contribution in [-0.2, 0) is 9.53 Å². The third-order valence-corrected chi connectivity index (χ3v) is 2.87. The molecule has 20 heavy (non-hydrogen) atoms. The van der Waals surface area contributed by atoms with E-state index in [1.54, 1.807) is 6.92 Å². The summed E-state index contributed by atoms with van der Waals surface area (Å²) in [5.74, 6) is -4.12. The third kappa shape index (κ3) is 3.62. The summed E-state index contributed by atoms with van der Waals surface area (Å²) in [5, 5.41) is 5.12. The molecule has 0 spiro atoms. The molecule has 1 aromatic rings. The molecule has 1 heterocycles. The monoisotopic (exact) mass is 310 g/mol. The van der Waals surface area contributed by atoms with E-state index in [2.05, 4.69) is 10.6 Å². The van der Waals surface area contributed by atoms with Crippen molar-refractivity contribution in [3.8, 4) is 0 Å². The van der Waals surface area contributed by atoms with Gasteiger partial charge in [0.05, 0.1) is 18.4 Å². The molecule has 2 N–H and O–H groups in total. The summed E-state index contributed by atoms with van der Waals surface area (Å²) in [6.45, 7) is 2.66. The van der Waals surface area contributed by atoms with Gasteiger partial charge < -0.3 is 15.4 Å². The van der Waals surface area contributed by atoms with Gasteiger partial charge in [-0.05, 0) is 6.92 Å². The van der Waals surface area contributed by atoms with E-state index in [1.807, 2.05) is 0 Å². The van der Waals surface area contributed by atoms with Gasteiger partial charge in [-0.2, -0.15) is 0 Å². The molecule has 0 bridgehead atoms. The molecule has 1 aromatic carbocycles. The Bertz CT molecular complexity index is 502. The first kappa shape index (κ1) is 16.7. The van der Waals surface area contributed by atoms with Crippen LogP contribution in [0.25, 0.3) is 0 Å². The SMILES string of the molecule is C[C@H]1OCCN[C@@H]1C(=O)Nc1cc(F)c(F)cc1F.Cl. The first-order chi connectivity index (χ1) is 8.99. The van der Waals surface area contributed by atoms with E-state index in [4.69, 9.17) is 4.74 Å². The molecule has 2 atom stereocenters. The topological polar surface area (TPSA) is 50.4 Å². The second-order valence-electron chi connectivity index (χ2n) is 4.24. The highest BCUT2D eigenvalue weighted by Crippen LogP contribution is 2.19. The molecule has 0 saturated carbocycles. The van der Waals surface area contributed by atoms with Crippen LogP contribution in [0, 0.1) is 17.5 Å². The Labute approximate surface area is 120 Å². The maximum Gasteiger partial charge on any atom is 0.244 e. The van der Waals surface area contributed by atoms with Crippen molar-refractivity contribution in [1.82, 2.24) is 5.32 Å². The van der Waals surface area contributed by atoms with Crippen molar-refractivity contribution in [2.45, 2.75) is 19.1 Å². The van der Waals surface area contributed by atoms with Gasteiger partial charge in [0.15, 0.2) is 11.6 Å². The number of hydrogen-bond acceptors (Lipinski definition) is 3. The third-order valence-electron chi connectivity index (χ3n) is 2.87. The molecule has 1 saturated heterocycles. The van der Waals surface area contributed by atoms with E-state index < -0.39 is 35.1 Å². The van der Waals surface area contributed by atoms with Gasteiger partial charge in [-0.3, -0.25) is 4.79 Å². The largest absolute Gasteiger partial charge is 0.375 e. The quantitative estimate of drug-likeness (QED) is 0.820. The summed E-state index contributed by atoms with van der Waals surface area (Å²) in [5.41, 5.74) is -0.400. The molecule has 0 aliphatic carbocycles. The van der Waals surface area contributed by atoms with Crippen molar-refractivity contribution in [3.05, 3.63) is 29.6 Å². The van der Waals surface area contributed by atoms with Crippen molar-refractivity contribution in [3.63, 3.8) is 0 Å². The Balaban J connectivity index is 0.00000200. The van der Waals surface area contributed by atoms with Crippen molar-refractivity contribution in [2.75, 3.05) is 18.5 Å². The summed E-state index contributed by atoms with van der Waals surface area (Å²) in [4.78, 5) is 11.9. The number of ether oxygens (including phenoxy) is 1. The van der Waals surface area contributed by atoms with Crippen LogP contribution in [0.1, 0.15) is 6.92 Å². The highest BCUT2D eigenvalue weighted by atomic mass is 35.5. The smallest absolute Gasteiger partial charge is 0.244 e.